The predicted octanol–water partition coefficient (Wildman–Crippen LogP) is 3.87. The highest BCUT2D eigenvalue weighted by molar-refractivity contribution is 9.10. The van der Waals surface area contributed by atoms with Crippen LogP contribution < -0.4 is 4.90 Å². The monoisotopic (exact) mass is 379 g/mol. The SMILES string of the molecule is CC(=O)SCC1CC(=O)N(c2cc(Cl)c(Br)cc2F)C1. The molecule has 0 radical (unpaired) electrons. The molecule has 3 nitrogen and oxygen atoms in total. The van der Waals surface area contributed by atoms with Crippen LogP contribution in [0, 0.1) is 11.7 Å². The maximum absolute atomic E-state index is 14.0. The van der Waals surface area contributed by atoms with Gasteiger partial charge in [-0.05, 0) is 34.0 Å². The van der Waals surface area contributed by atoms with Crippen molar-refractivity contribution in [2.24, 2.45) is 5.92 Å². The molecular formula is C13H12BrClFNO2S. The topological polar surface area (TPSA) is 37.4 Å². The van der Waals surface area contributed by atoms with Gasteiger partial charge in [0.25, 0.3) is 0 Å². The van der Waals surface area contributed by atoms with Crippen molar-refractivity contribution in [3.05, 3.63) is 27.4 Å². The van der Waals surface area contributed by atoms with E-state index in [2.05, 4.69) is 15.9 Å². The quantitative estimate of drug-likeness (QED) is 0.747. The number of carbonyl (C=O) groups is 2. The summed E-state index contributed by atoms with van der Waals surface area (Å²) < 4.78 is 14.4. The minimum atomic E-state index is -0.491. The van der Waals surface area contributed by atoms with Crippen LogP contribution in [0.5, 0.6) is 0 Å². The van der Waals surface area contributed by atoms with Crippen molar-refractivity contribution in [1.29, 1.82) is 0 Å². The fourth-order valence-corrected chi connectivity index (χ4v) is 3.25. The molecule has 0 N–H and O–H groups in total. The zero-order chi connectivity index (χ0) is 14.9. The number of amides is 1. The molecule has 0 saturated carbocycles. The summed E-state index contributed by atoms with van der Waals surface area (Å²) in [4.78, 5) is 24.3. The van der Waals surface area contributed by atoms with Crippen molar-refractivity contribution in [2.75, 3.05) is 17.2 Å². The first-order chi connectivity index (χ1) is 9.38. The second-order valence-electron chi connectivity index (χ2n) is 4.59. The molecule has 1 amide bonds. The highest BCUT2D eigenvalue weighted by Gasteiger charge is 2.32. The van der Waals surface area contributed by atoms with Crippen molar-refractivity contribution < 1.29 is 14.0 Å². The smallest absolute Gasteiger partial charge is 0.227 e. The van der Waals surface area contributed by atoms with Crippen molar-refractivity contribution in [2.45, 2.75) is 13.3 Å². The van der Waals surface area contributed by atoms with E-state index in [9.17, 15) is 14.0 Å². The largest absolute Gasteiger partial charge is 0.309 e. The lowest BCUT2D eigenvalue weighted by Crippen LogP contribution is -2.25. The zero-order valence-corrected chi connectivity index (χ0v) is 13.8. The zero-order valence-electron chi connectivity index (χ0n) is 10.7. The third kappa shape index (κ3) is 3.54. The number of nitrogens with zero attached hydrogens (tertiary/aromatic N) is 1. The predicted molar refractivity (Wildman–Crippen MR) is 82.7 cm³/mol. The first-order valence-electron chi connectivity index (χ1n) is 5.96. The van der Waals surface area contributed by atoms with Gasteiger partial charge in [-0.2, -0.15) is 0 Å². The first-order valence-corrected chi connectivity index (χ1v) is 8.12. The van der Waals surface area contributed by atoms with Crippen LogP contribution in [0.3, 0.4) is 0 Å². The number of benzene rings is 1. The Morgan fingerprint density at radius 1 is 1.60 bits per heavy atom. The van der Waals surface area contributed by atoms with Gasteiger partial charge in [-0.1, -0.05) is 23.4 Å². The van der Waals surface area contributed by atoms with Crippen molar-refractivity contribution >= 4 is 56.0 Å². The van der Waals surface area contributed by atoms with Crippen LogP contribution in [-0.2, 0) is 9.59 Å². The fraction of sp³-hybridized carbons (Fsp3) is 0.385. The summed E-state index contributed by atoms with van der Waals surface area (Å²) in [6, 6.07) is 2.70. The molecule has 1 aliphatic rings. The second kappa shape index (κ2) is 6.45. The summed E-state index contributed by atoms with van der Waals surface area (Å²) in [6.07, 6.45) is 0.327. The Labute approximate surface area is 134 Å². The molecule has 1 unspecified atom stereocenters. The molecule has 1 heterocycles. The van der Waals surface area contributed by atoms with Gasteiger partial charge >= 0.3 is 0 Å². The maximum atomic E-state index is 14.0. The van der Waals surface area contributed by atoms with Gasteiger partial charge in [-0.3, -0.25) is 9.59 Å². The average Bonchev–Trinajstić information content (AvgIpc) is 2.72. The minimum Gasteiger partial charge on any atom is -0.309 e. The molecule has 1 aliphatic heterocycles. The number of anilines is 1. The summed E-state index contributed by atoms with van der Waals surface area (Å²) in [5.41, 5.74) is 0.193. The van der Waals surface area contributed by atoms with E-state index in [0.29, 0.717) is 28.2 Å². The fourth-order valence-electron chi connectivity index (χ4n) is 2.08. The van der Waals surface area contributed by atoms with Gasteiger partial charge in [0, 0.05) is 30.1 Å². The Bertz CT molecular complexity index is 570. The highest BCUT2D eigenvalue weighted by Crippen LogP contribution is 2.34. The van der Waals surface area contributed by atoms with Gasteiger partial charge in [0.15, 0.2) is 5.12 Å². The molecule has 1 aromatic rings. The lowest BCUT2D eigenvalue weighted by atomic mass is 10.1. The Morgan fingerprint density at radius 2 is 2.30 bits per heavy atom. The number of thioether (sulfide) groups is 1. The summed E-state index contributed by atoms with van der Waals surface area (Å²) in [5.74, 6) is -0.00661. The average molecular weight is 381 g/mol. The number of carbonyl (C=O) groups excluding carboxylic acids is 2. The Balaban J connectivity index is 2.16. The Hall–Kier alpha value is -0.590. The van der Waals surface area contributed by atoms with Crippen LogP contribution in [0.25, 0.3) is 0 Å². The van der Waals surface area contributed by atoms with Crippen molar-refractivity contribution in [1.82, 2.24) is 0 Å². The maximum Gasteiger partial charge on any atom is 0.227 e. The third-order valence-corrected chi connectivity index (χ3v) is 5.25. The number of hydrogen-bond donors (Lipinski definition) is 0. The second-order valence-corrected chi connectivity index (χ2v) is 7.05. The van der Waals surface area contributed by atoms with E-state index in [0.717, 1.165) is 0 Å². The van der Waals surface area contributed by atoms with Crippen LogP contribution in [-0.4, -0.2) is 23.3 Å². The van der Waals surface area contributed by atoms with Crippen LogP contribution in [0.4, 0.5) is 10.1 Å². The van der Waals surface area contributed by atoms with Gasteiger partial charge in [-0.25, -0.2) is 4.39 Å². The van der Waals surface area contributed by atoms with Crippen molar-refractivity contribution in [3.63, 3.8) is 0 Å². The van der Waals surface area contributed by atoms with E-state index in [1.165, 1.54) is 35.7 Å². The summed E-state index contributed by atoms with van der Waals surface area (Å²) in [7, 11) is 0. The van der Waals surface area contributed by atoms with E-state index >= 15 is 0 Å². The molecule has 0 spiro atoms. The van der Waals surface area contributed by atoms with Crippen LogP contribution in [0.1, 0.15) is 13.3 Å². The van der Waals surface area contributed by atoms with E-state index in [-0.39, 0.29) is 22.6 Å². The molecular weight excluding hydrogens is 369 g/mol. The van der Waals surface area contributed by atoms with Gasteiger partial charge in [0.1, 0.15) is 5.82 Å². The molecule has 108 valence electrons. The minimum absolute atomic E-state index is 0.0220. The standard InChI is InChI=1S/C13H12BrClFNO2S/c1-7(18)20-6-8-2-13(19)17(5-8)12-4-10(15)9(14)3-11(12)16/h3-4,8H,2,5-6H2,1H3. The molecule has 1 saturated heterocycles. The molecule has 1 aromatic carbocycles. The lowest BCUT2D eigenvalue weighted by Gasteiger charge is -2.18. The van der Waals surface area contributed by atoms with E-state index in [1.807, 2.05) is 0 Å². The highest BCUT2D eigenvalue weighted by atomic mass is 79.9. The van der Waals surface area contributed by atoms with Gasteiger partial charge in [0.05, 0.1) is 10.7 Å². The van der Waals surface area contributed by atoms with Gasteiger partial charge in [0.2, 0.25) is 5.91 Å². The van der Waals surface area contributed by atoms with Crippen LogP contribution in [0.2, 0.25) is 5.02 Å². The molecule has 2 rings (SSSR count). The summed E-state index contributed by atoms with van der Waals surface area (Å²) in [6.45, 7) is 1.90. The van der Waals surface area contributed by atoms with E-state index < -0.39 is 5.82 Å². The molecule has 1 atom stereocenters. The van der Waals surface area contributed by atoms with Crippen molar-refractivity contribution in [3.8, 4) is 0 Å². The van der Waals surface area contributed by atoms with Crippen LogP contribution >= 0.6 is 39.3 Å². The molecule has 0 aliphatic carbocycles. The first kappa shape index (κ1) is 15.8. The van der Waals surface area contributed by atoms with Gasteiger partial charge in [-0.15, -0.1) is 0 Å². The molecule has 1 fully saturated rings. The summed E-state index contributed by atoms with van der Waals surface area (Å²) >= 11 is 10.3. The van der Waals surface area contributed by atoms with E-state index in [4.69, 9.17) is 11.6 Å². The normalized spacial score (nSPS) is 18.7. The number of hydrogen-bond acceptors (Lipinski definition) is 3. The molecule has 0 aromatic heterocycles. The van der Waals surface area contributed by atoms with Gasteiger partial charge < -0.3 is 4.90 Å². The molecule has 7 heteroatoms. The Morgan fingerprint density at radius 3 is 2.95 bits per heavy atom. The number of rotatable bonds is 3. The third-order valence-electron chi connectivity index (χ3n) is 3.01. The molecule has 0 bridgehead atoms. The lowest BCUT2D eigenvalue weighted by molar-refractivity contribution is -0.117. The molecule has 20 heavy (non-hydrogen) atoms. The Kier molecular flexibility index (Phi) is 5.09. The van der Waals surface area contributed by atoms with Crippen LogP contribution in [0.15, 0.2) is 16.6 Å². The van der Waals surface area contributed by atoms with E-state index in [1.54, 1.807) is 0 Å². The number of halogens is 3. The summed E-state index contributed by atoms with van der Waals surface area (Å²) in [5, 5.41) is 0.379.